The number of nitrogens with zero attached hydrogens (tertiary/aromatic N) is 1. The van der Waals surface area contributed by atoms with Crippen LogP contribution in [0.2, 0.25) is 0 Å². The van der Waals surface area contributed by atoms with Gasteiger partial charge in [-0.15, -0.1) is 0 Å². The van der Waals surface area contributed by atoms with E-state index in [1.807, 2.05) is 26.8 Å². The second kappa shape index (κ2) is 6.15. The molecule has 5 nitrogen and oxygen atoms in total. The van der Waals surface area contributed by atoms with Crippen molar-refractivity contribution in [3.8, 4) is 0 Å². The van der Waals surface area contributed by atoms with Crippen LogP contribution < -0.4 is 0 Å². The molecular weight excluding hydrogens is 254 g/mol. The minimum absolute atomic E-state index is 0.0855. The maximum absolute atomic E-state index is 10.8. The lowest BCUT2D eigenvalue weighted by Gasteiger charge is -1.98. The van der Waals surface area contributed by atoms with Crippen molar-refractivity contribution in [3.63, 3.8) is 0 Å². The van der Waals surface area contributed by atoms with E-state index in [1.165, 1.54) is 0 Å². The lowest BCUT2D eigenvalue weighted by molar-refractivity contribution is 0.324. The summed E-state index contributed by atoms with van der Waals surface area (Å²) >= 11 is 0. The topological polar surface area (TPSA) is 69.4 Å². The van der Waals surface area contributed by atoms with Gasteiger partial charge in [-0.2, -0.15) is 8.42 Å². The van der Waals surface area contributed by atoms with Crippen molar-refractivity contribution in [1.82, 2.24) is 4.98 Å². The third-order valence-corrected chi connectivity index (χ3v) is 2.97. The minimum atomic E-state index is -3.40. The van der Waals surface area contributed by atoms with Gasteiger partial charge in [-0.3, -0.25) is 4.18 Å². The van der Waals surface area contributed by atoms with Crippen molar-refractivity contribution < 1.29 is 17.0 Å². The molecule has 1 aromatic heterocycles. The van der Waals surface area contributed by atoms with Crippen LogP contribution in [0.4, 0.5) is 0 Å². The molecule has 1 heterocycles. The summed E-state index contributed by atoms with van der Waals surface area (Å²) in [6.07, 6.45) is 4.39. The molecule has 0 spiro atoms. The Hall–Kier alpha value is -1.14. The molecule has 0 atom stereocenters. The molecule has 0 aromatic carbocycles. The predicted octanol–water partition coefficient (Wildman–Crippen LogP) is 2.32. The first kappa shape index (κ1) is 14.9. The maximum atomic E-state index is 10.8. The van der Waals surface area contributed by atoms with Crippen LogP contribution >= 0.6 is 0 Å². The molecule has 0 unspecified atom stereocenters. The normalized spacial score (nSPS) is 13.0. The molecule has 0 N–H and O–H groups in total. The Morgan fingerprint density at radius 1 is 1.50 bits per heavy atom. The highest BCUT2D eigenvalue weighted by Gasteiger charge is 2.11. The fourth-order valence-electron chi connectivity index (χ4n) is 1.51. The zero-order valence-corrected chi connectivity index (χ0v) is 12.0. The molecule has 6 heteroatoms. The molecule has 0 amide bonds. The second-order valence-corrected chi connectivity index (χ2v) is 5.74. The van der Waals surface area contributed by atoms with Crippen LogP contribution in [-0.2, 0) is 20.7 Å². The molecule has 0 saturated heterocycles. The lowest BCUT2D eigenvalue weighted by atomic mass is 10.2. The molecular formula is C12H19NO4S. The van der Waals surface area contributed by atoms with Crippen molar-refractivity contribution in [3.05, 3.63) is 23.4 Å². The fraction of sp³-hybridized carbons (Fsp3) is 0.583. The maximum Gasteiger partial charge on any atom is 0.264 e. The molecule has 0 aliphatic heterocycles. The van der Waals surface area contributed by atoms with E-state index in [0.29, 0.717) is 18.1 Å². The number of hydrogen-bond donors (Lipinski definition) is 0. The molecule has 0 bridgehead atoms. The van der Waals surface area contributed by atoms with Gasteiger partial charge in [-0.05, 0) is 20.3 Å². The quantitative estimate of drug-likeness (QED) is 0.744. The van der Waals surface area contributed by atoms with Gasteiger partial charge in [0.15, 0.2) is 0 Å². The molecule has 1 rings (SSSR count). The Morgan fingerprint density at radius 2 is 2.17 bits per heavy atom. The fourth-order valence-corrected chi connectivity index (χ4v) is 1.90. The van der Waals surface area contributed by atoms with Gasteiger partial charge in [0, 0.05) is 12.0 Å². The Balaban J connectivity index is 2.71. The van der Waals surface area contributed by atoms with Crippen LogP contribution in [0.1, 0.15) is 37.6 Å². The van der Waals surface area contributed by atoms with Crippen LogP contribution in [0.25, 0.3) is 5.57 Å². The standard InChI is InChI=1S/C12H19NO4S/c1-5-6-9(2)12-13-11(10(3)17-12)7-8-16-18(4,14)15/h6H,5,7-8H2,1-4H3/b9-6+. The average Bonchev–Trinajstić information content (AvgIpc) is 2.59. The largest absolute Gasteiger partial charge is 0.442 e. The number of oxazole rings is 1. The van der Waals surface area contributed by atoms with E-state index in [2.05, 4.69) is 9.17 Å². The van der Waals surface area contributed by atoms with E-state index in [-0.39, 0.29) is 6.61 Å². The highest BCUT2D eigenvalue weighted by molar-refractivity contribution is 7.85. The van der Waals surface area contributed by atoms with E-state index in [4.69, 9.17) is 4.42 Å². The number of aromatic nitrogens is 1. The molecule has 18 heavy (non-hydrogen) atoms. The SMILES string of the molecule is CC/C=C(\C)c1nc(CCOS(C)(=O)=O)c(C)o1. The zero-order valence-electron chi connectivity index (χ0n) is 11.2. The lowest BCUT2D eigenvalue weighted by Crippen LogP contribution is -2.06. The third-order valence-electron chi connectivity index (χ3n) is 2.38. The van der Waals surface area contributed by atoms with Gasteiger partial charge in [0.2, 0.25) is 5.89 Å². The van der Waals surface area contributed by atoms with E-state index < -0.39 is 10.1 Å². The molecule has 0 radical (unpaired) electrons. The van der Waals surface area contributed by atoms with Crippen LogP contribution in [0, 0.1) is 6.92 Å². The van der Waals surface area contributed by atoms with Gasteiger partial charge in [-0.25, -0.2) is 4.98 Å². The van der Waals surface area contributed by atoms with Crippen molar-refractivity contribution in [1.29, 1.82) is 0 Å². The molecule has 0 saturated carbocycles. The van der Waals surface area contributed by atoms with Crippen molar-refractivity contribution in [2.45, 2.75) is 33.6 Å². The highest BCUT2D eigenvalue weighted by Crippen LogP contribution is 2.18. The van der Waals surface area contributed by atoms with Crippen molar-refractivity contribution >= 4 is 15.7 Å². The van der Waals surface area contributed by atoms with Crippen LogP contribution in [0.3, 0.4) is 0 Å². The Bertz CT molecular complexity index is 528. The third kappa shape index (κ3) is 4.62. The summed E-state index contributed by atoms with van der Waals surface area (Å²) in [5, 5.41) is 0. The second-order valence-electron chi connectivity index (χ2n) is 4.09. The molecule has 1 aromatic rings. The highest BCUT2D eigenvalue weighted by atomic mass is 32.2. The first-order valence-corrected chi connectivity index (χ1v) is 7.63. The summed E-state index contributed by atoms with van der Waals surface area (Å²) in [4.78, 5) is 4.34. The molecule has 0 fully saturated rings. The van der Waals surface area contributed by atoms with Gasteiger partial charge >= 0.3 is 0 Å². The predicted molar refractivity (Wildman–Crippen MR) is 69.7 cm³/mol. The number of hydrogen-bond acceptors (Lipinski definition) is 5. The van der Waals surface area contributed by atoms with Gasteiger partial charge in [0.25, 0.3) is 10.1 Å². The van der Waals surface area contributed by atoms with Crippen molar-refractivity contribution in [2.24, 2.45) is 0 Å². The van der Waals surface area contributed by atoms with E-state index in [0.717, 1.165) is 23.9 Å². The zero-order chi connectivity index (χ0) is 13.8. The summed E-state index contributed by atoms with van der Waals surface area (Å²) < 4.78 is 31.9. The summed E-state index contributed by atoms with van der Waals surface area (Å²) in [6.45, 7) is 5.87. The molecule has 102 valence electrons. The smallest absolute Gasteiger partial charge is 0.264 e. The van der Waals surface area contributed by atoms with Crippen LogP contribution in [0.15, 0.2) is 10.5 Å². The van der Waals surface area contributed by atoms with Crippen LogP contribution in [-0.4, -0.2) is 26.3 Å². The van der Waals surface area contributed by atoms with Gasteiger partial charge in [-0.1, -0.05) is 13.0 Å². The Kier molecular flexibility index (Phi) is 5.10. The van der Waals surface area contributed by atoms with E-state index in [9.17, 15) is 8.42 Å². The summed E-state index contributed by atoms with van der Waals surface area (Å²) in [6, 6.07) is 0. The van der Waals surface area contributed by atoms with Gasteiger partial charge in [0.05, 0.1) is 18.6 Å². The minimum Gasteiger partial charge on any atom is -0.442 e. The summed E-state index contributed by atoms with van der Waals surface area (Å²) in [7, 11) is -3.40. The molecule has 0 aliphatic carbocycles. The van der Waals surface area contributed by atoms with E-state index >= 15 is 0 Å². The monoisotopic (exact) mass is 273 g/mol. The first-order valence-electron chi connectivity index (χ1n) is 5.81. The Labute approximate surface area is 108 Å². The van der Waals surface area contributed by atoms with Crippen LogP contribution in [0.5, 0.6) is 0 Å². The summed E-state index contributed by atoms with van der Waals surface area (Å²) in [5.41, 5.74) is 1.72. The van der Waals surface area contributed by atoms with Crippen molar-refractivity contribution in [2.75, 3.05) is 12.9 Å². The average molecular weight is 273 g/mol. The number of allylic oxidation sites excluding steroid dienone is 2. The Morgan fingerprint density at radius 3 is 2.72 bits per heavy atom. The number of aryl methyl sites for hydroxylation is 1. The summed E-state index contributed by atoms with van der Waals surface area (Å²) in [5.74, 6) is 1.29. The van der Waals surface area contributed by atoms with E-state index in [1.54, 1.807) is 0 Å². The van der Waals surface area contributed by atoms with Gasteiger partial charge in [0.1, 0.15) is 5.76 Å². The molecule has 0 aliphatic rings. The number of rotatable bonds is 6. The first-order chi connectivity index (χ1) is 8.33. The van der Waals surface area contributed by atoms with Gasteiger partial charge < -0.3 is 4.42 Å².